The maximum Gasteiger partial charge on any atom is 0.269 e. The Hall–Kier alpha value is -2.77. The largest absolute Gasteiger partial charge is 0.482 e. The van der Waals surface area contributed by atoms with Crippen LogP contribution in [0.1, 0.15) is 131 Å². The van der Waals surface area contributed by atoms with Gasteiger partial charge in [0.15, 0.2) is 5.60 Å². The van der Waals surface area contributed by atoms with E-state index < -0.39 is 11.1 Å². The zero-order valence-corrected chi connectivity index (χ0v) is 31.8. The first-order valence-corrected chi connectivity index (χ1v) is 16.2. The number of carbonyl (C=O) groups is 3. The number of allylic oxidation sites excluding steroid dienone is 1. The number of nitrogens with one attached hydrogen (secondary N) is 4. The van der Waals surface area contributed by atoms with Crippen molar-refractivity contribution in [1.82, 2.24) is 21.3 Å². The van der Waals surface area contributed by atoms with Crippen molar-refractivity contribution in [2.75, 3.05) is 0 Å². The van der Waals surface area contributed by atoms with E-state index in [1.54, 1.807) is 18.7 Å². The van der Waals surface area contributed by atoms with Crippen LogP contribution in [0.15, 0.2) is 37.1 Å². The highest BCUT2D eigenvalue weighted by molar-refractivity contribution is 5.90. The van der Waals surface area contributed by atoms with E-state index in [4.69, 9.17) is 4.74 Å². The third kappa shape index (κ3) is 7.30. The number of hydrogen-bond acceptors (Lipinski definition) is 5. The molecule has 0 saturated carbocycles. The summed E-state index contributed by atoms with van der Waals surface area (Å²) in [7, 11) is 0. The molecular formula is C37H66N4O4. The first-order valence-electron chi connectivity index (χ1n) is 16.2. The van der Waals surface area contributed by atoms with Crippen LogP contribution in [-0.4, -0.2) is 28.9 Å². The molecule has 3 amide bonds. The molecule has 3 rings (SSSR count). The third-order valence-corrected chi connectivity index (χ3v) is 9.85. The summed E-state index contributed by atoms with van der Waals surface area (Å²) in [5.41, 5.74) is -2.64. The number of ether oxygens (including phenoxy) is 1. The maximum absolute atomic E-state index is 12.2. The van der Waals surface area contributed by atoms with Crippen molar-refractivity contribution in [1.29, 1.82) is 0 Å². The molecule has 0 spiro atoms. The lowest BCUT2D eigenvalue weighted by atomic mass is 9.51. The van der Waals surface area contributed by atoms with Crippen molar-refractivity contribution in [3.05, 3.63) is 37.1 Å². The van der Waals surface area contributed by atoms with Gasteiger partial charge in [-0.1, -0.05) is 131 Å². The molecule has 0 saturated heterocycles. The minimum Gasteiger partial charge on any atom is -0.482 e. The standard InChI is InChI=1S/C13H23NO.C12H22N2O.C12H21NO2/c1-11(2,3)13(12(4,5)6)8-7-9-14-10(13)15;1-10(2,3)12(11(4,5)6)9(15)13-7-8-14-12;1-10(2,3)12(11(4,5)6)9(14)13-7-8-15-12/h7,9H,8H2,1-6H3,(H,14,15);7-8,14H,1-6H3,(H,13,15);7-8H,1-6H3,(H,13,14). The topological polar surface area (TPSA) is 109 Å². The second-order valence-corrected chi connectivity index (χ2v) is 18.8. The van der Waals surface area contributed by atoms with Gasteiger partial charge in [0, 0.05) is 29.4 Å². The molecule has 8 heteroatoms. The van der Waals surface area contributed by atoms with Crippen LogP contribution in [0, 0.1) is 37.9 Å². The fourth-order valence-corrected chi connectivity index (χ4v) is 8.26. The Balaban J connectivity index is 0.000000337. The Morgan fingerprint density at radius 3 is 1.20 bits per heavy atom. The van der Waals surface area contributed by atoms with Crippen LogP contribution in [0.25, 0.3) is 0 Å². The van der Waals surface area contributed by atoms with Crippen molar-refractivity contribution < 1.29 is 19.1 Å². The molecule has 258 valence electrons. The molecule has 0 aromatic rings. The zero-order valence-electron chi connectivity index (χ0n) is 31.8. The summed E-state index contributed by atoms with van der Waals surface area (Å²) in [6, 6.07) is 0. The number of rotatable bonds is 0. The maximum atomic E-state index is 12.2. The Bertz CT molecular complexity index is 978. The molecule has 0 unspecified atom stereocenters. The highest BCUT2D eigenvalue weighted by Gasteiger charge is 2.59. The first-order chi connectivity index (χ1) is 19.9. The average Bonchev–Trinajstić information content (AvgIpc) is 2.81. The molecular weight excluding hydrogens is 564 g/mol. The van der Waals surface area contributed by atoms with Crippen LogP contribution in [-0.2, 0) is 19.1 Å². The third-order valence-electron chi connectivity index (χ3n) is 9.85. The van der Waals surface area contributed by atoms with Crippen molar-refractivity contribution >= 4 is 17.7 Å². The van der Waals surface area contributed by atoms with Crippen molar-refractivity contribution in [3.8, 4) is 0 Å². The van der Waals surface area contributed by atoms with Crippen LogP contribution in [0.2, 0.25) is 0 Å². The second kappa shape index (κ2) is 12.8. The van der Waals surface area contributed by atoms with Gasteiger partial charge >= 0.3 is 0 Å². The van der Waals surface area contributed by atoms with Crippen molar-refractivity contribution in [2.24, 2.45) is 37.9 Å². The van der Waals surface area contributed by atoms with Crippen molar-refractivity contribution in [3.63, 3.8) is 0 Å². The minimum atomic E-state index is -0.825. The summed E-state index contributed by atoms with van der Waals surface area (Å²) in [6.07, 6.45) is 11.2. The summed E-state index contributed by atoms with van der Waals surface area (Å²) < 4.78 is 5.71. The fraction of sp³-hybridized carbons (Fsp3) is 0.757. The average molecular weight is 631 g/mol. The number of amides is 3. The van der Waals surface area contributed by atoms with Gasteiger partial charge in [-0.05, 0) is 34.3 Å². The Morgan fingerprint density at radius 2 is 0.933 bits per heavy atom. The molecule has 0 fully saturated rings. The summed E-state index contributed by atoms with van der Waals surface area (Å²) in [5, 5.41) is 11.7. The van der Waals surface area contributed by atoms with E-state index in [0.717, 1.165) is 6.42 Å². The van der Waals surface area contributed by atoms with Gasteiger partial charge in [-0.25, -0.2) is 0 Å². The number of carbonyl (C=O) groups excluding carboxylic acids is 3. The molecule has 4 N–H and O–H groups in total. The predicted molar refractivity (Wildman–Crippen MR) is 185 cm³/mol. The highest BCUT2D eigenvalue weighted by Crippen LogP contribution is 2.55. The molecule has 3 aliphatic rings. The molecule has 8 nitrogen and oxygen atoms in total. The summed E-state index contributed by atoms with van der Waals surface area (Å²) >= 11 is 0. The lowest BCUT2D eigenvalue weighted by Gasteiger charge is -2.53. The van der Waals surface area contributed by atoms with Gasteiger partial charge in [-0.2, -0.15) is 0 Å². The van der Waals surface area contributed by atoms with Crippen LogP contribution in [0.5, 0.6) is 0 Å². The van der Waals surface area contributed by atoms with Gasteiger partial charge in [-0.15, -0.1) is 0 Å². The van der Waals surface area contributed by atoms with E-state index in [1.165, 1.54) is 6.20 Å². The Labute approximate surface area is 275 Å². The zero-order chi connectivity index (χ0) is 35.7. The molecule has 0 radical (unpaired) electrons. The van der Waals surface area contributed by atoms with E-state index in [0.29, 0.717) is 0 Å². The van der Waals surface area contributed by atoms with E-state index in [-0.39, 0.29) is 55.6 Å². The van der Waals surface area contributed by atoms with Crippen LogP contribution in [0.3, 0.4) is 0 Å². The van der Waals surface area contributed by atoms with E-state index >= 15 is 0 Å². The van der Waals surface area contributed by atoms with Gasteiger partial charge < -0.3 is 26.0 Å². The smallest absolute Gasteiger partial charge is 0.269 e. The van der Waals surface area contributed by atoms with Gasteiger partial charge in [0.05, 0.1) is 5.41 Å². The van der Waals surface area contributed by atoms with Crippen LogP contribution in [0.4, 0.5) is 0 Å². The van der Waals surface area contributed by atoms with E-state index in [9.17, 15) is 14.4 Å². The van der Waals surface area contributed by atoms with Crippen molar-refractivity contribution in [2.45, 2.75) is 142 Å². The van der Waals surface area contributed by atoms with Gasteiger partial charge in [0.25, 0.3) is 11.8 Å². The molecule has 0 aromatic heterocycles. The molecule has 0 bridgehead atoms. The monoisotopic (exact) mass is 631 g/mol. The quantitative estimate of drug-likeness (QED) is 0.221. The van der Waals surface area contributed by atoms with E-state index in [2.05, 4.69) is 110 Å². The molecule has 3 heterocycles. The lowest BCUT2D eigenvalue weighted by Crippen LogP contribution is -2.70. The summed E-state index contributed by atoms with van der Waals surface area (Å²) in [6.45, 7) is 37.6. The predicted octanol–water partition coefficient (Wildman–Crippen LogP) is 7.54. The minimum absolute atomic E-state index is 0.0416. The molecule has 45 heavy (non-hydrogen) atoms. The van der Waals surface area contributed by atoms with Gasteiger partial charge in [-0.3, -0.25) is 14.4 Å². The van der Waals surface area contributed by atoms with Crippen LogP contribution >= 0.6 is 0 Å². The highest BCUT2D eigenvalue weighted by atomic mass is 16.5. The molecule has 3 aliphatic heterocycles. The SMILES string of the molecule is CC(C)(C)C1(C(C)(C)C)CC=CNC1=O.CC(C)(C)C1(C(C)(C)C)NC=CNC1=O.CC(C)(C)C1(C(C)(C)C)OC=CNC1=O. The summed E-state index contributed by atoms with van der Waals surface area (Å²) in [5.74, 6) is 0.139. The second-order valence-electron chi connectivity index (χ2n) is 18.8. The number of hydrogen-bond donors (Lipinski definition) is 4. The normalized spacial score (nSPS) is 21.0. The Kier molecular flexibility index (Phi) is 11.4. The molecule has 0 atom stereocenters. The molecule has 0 aromatic carbocycles. The van der Waals surface area contributed by atoms with Gasteiger partial charge in [0.1, 0.15) is 11.8 Å². The Morgan fingerprint density at radius 1 is 0.511 bits per heavy atom. The van der Waals surface area contributed by atoms with E-state index in [1.807, 2.05) is 47.7 Å². The molecule has 0 aliphatic carbocycles. The first kappa shape index (κ1) is 40.3. The summed E-state index contributed by atoms with van der Waals surface area (Å²) in [4.78, 5) is 36.6. The van der Waals surface area contributed by atoms with Gasteiger partial charge in [0.2, 0.25) is 5.91 Å². The fourth-order valence-electron chi connectivity index (χ4n) is 8.26. The van der Waals surface area contributed by atoms with Crippen LogP contribution < -0.4 is 21.3 Å². The lowest BCUT2D eigenvalue weighted by molar-refractivity contribution is -0.178.